The van der Waals surface area contributed by atoms with Crippen molar-refractivity contribution in [1.29, 1.82) is 0 Å². The first-order valence-corrected chi connectivity index (χ1v) is 11.0. The van der Waals surface area contributed by atoms with Crippen LogP contribution in [0.2, 0.25) is 0 Å². The lowest BCUT2D eigenvalue weighted by atomic mass is 10.0. The molecule has 4 heterocycles. The standard InChI is InChI=1S/C24H27N7O/c1-16-12-17(7-10-25-16)23-20-13-18(5-6-21(20)29-30-23)24(32)28-19-4-2-11-31(14-19)15-22-26-8-3-9-27-22/h3,5-8,10,12-13,19H,2,4,9,11,14-15H2,1H3,(H,26,27)(H,28,32)(H,29,30). The highest BCUT2D eigenvalue weighted by molar-refractivity contribution is 6.01. The van der Waals surface area contributed by atoms with Crippen LogP contribution in [0.4, 0.5) is 0 Å². The Balaban J connectivity index is 1.29. The van der Waals surface area contributed by atoms with E-state index < -0.39 is 0 Å². The monoisotopic (exact) mass is 429 g/mol. The van der Waals surface area contributed by atoms with Crippen molar-refractivity contribution in [3.05, 3.63) is 60.1 Å². The number of carbonyl (C=O) groups excluding carboxylic acids is 1. The van der Waals surface area contributed by atoms with Gasteiger partial charge in [0.1, 0.15) is 11.5 Å². The van der Waals surface area contributed by atoms with Crippen molar-refractivity contribution >= 4 is 22.6 Å². The van der Waals surface area contributed by atoms with Gasteiger partial charge in [-0.2, -0.15) is 5.10 Å². The summed E-state index contributed by atoms with van der Waals surface area (Å²) in [6, 6.07) is 9.76. The van der Waals surface area contributed by atoms with E-state index in [1.165, 1.54) is 0 Å². The summed E-state index contributed by atoms with van der Waals surface area (Å²) in [6.45, 7) is 5.32. The first kappa shape index (κ1) is 20.4. The van der Waals surface area contributed by atoms with Gasteiger partial charge in [-0.1, -0.05) is 0 Å². The number of aromatic amines is 1. The van der Waals surface area contributed by atoms with Crippen LogP contribution >= 0.6 is 0 Å². The molecule has 8 nitrogen and oxygen atoms in total. The lowest BCUT2D eigenvalue weighted by molar-refractivity contribution is 0.0909. The lowest BCUT2D eigenvalue weighted by Crippen LogP contribution is -2.50. The maximum absolute atomic E-state index is 13.1. The molecular weight excluding hydrogens is 402 g/mol. The van der Waals surface area contributed by atoms with Gasteiger partial charge in [-0.05, 0) is 68.9 Å². The van der Waals surface area contributed by atoms with Gasteiger partial charge in [-0.15, -0.1) is 0 Å². The van der Waals surface area contributed by atoms with Crippen molar-refractivity contribution in [1.82, 2.24) is 30.7 Å². The molecule has 0 radical (unpaired) electrons. The molecule has 3 aromatic rings. The quantitative estimate of drug-likeness (QED) is 0.579. The summed E-state index contributed by atoms with van der Waals surface area (Å²) in [5, 5.41) is 14.9. The highest BCUT2D eigenvalue weighted by Crippen LogP contribution is 2.27. The molecule has 0 bridgehead atoms. The van der Waals surface area contributed by atoms with Crippen LogP contribution in [0.5, 0.6) is 0 Å². The highest BCUT2D eigenvalue weighted by Gasteiger charge is 2.23. The number of nitrogens with zero attached hydrogens (tertiary/aromatic N) is 4. The molecule has 8 heteroatoms. The summed E-state index contributed by atoms with van der Waals surface area (Å²) >= 11 is 0. The third-order valence-electron chi connectivity index (χ3n) is 5.96. The Morgan fingerprint density at radius 1 is 1.28 bits per heavy atom. The van der Waals surface area contributed by atoms with Gasteiger partial charge in [0, 0.05) is 41.0 Å². The molecule has 1 saturated heterocycles. The normalized spacial score (nSPS) is 18.9. The molecule has 164 valence electrons. The Labute approximate surface area is 186 Å². The number of nitrogens with one attached hydrogen (secondary N) is 3. The molecule has 1 amide bonds. The molecule has 32 heavy (non-hydrogen) atoms. The van der Waals surface area contributed by atoms with E-state index in [2.05, 4.69) is 35.7 Å². The molecule has 2 aromatic heterocycles. The van der Waals surface area contributed by atoms with Gasteiger partial charge in [0.15, 0.2) is 0 Å². The molecule has 0 spiro atoms. The summed E-state index contributed by atoms with van der Waals surface area (Å²) in [5.41, 5.74) is 4.30. The number of fused-ring (bicyclic) bond motifs is 1. The number of amidine groups is 1. The zero-order valence-electron chi connectivity index (χ0n) is 18.1. The van der Waals surface area contributed by atoms with E-state index >= 15 is 0 Å². The van der Waals surface area contributed by atoms with Crippen molar-refractivity contribution < 1.29 is 4.79 Å². The molecule has 0 saturated carbocycles. The van der Waals surface area contributed by atoms with Crippen LogP contribution in [-0.4, -0.2) is 64.0 Å². The second kappa shape index (κ2) is 8.92. The molecule has 5 rings (SSSR count). The van der Waals surface area contributed by atoms with Gasteiger partial charge in [0.25, 0.3) is 5.91 Å². The molecule has 1 aromatic carbocycles. The first-order chi connectivity index (χ1) is 15.7. The van der Waals surface area contributed by atoms with Crippen molar-refractivity contribution in [3.63, 3.8) is 0 Å². The predicted octanol–water partition coefficient (Wildman–Crippen LogP) is 2.64. The zero-order valence-corrected chi connectivity index (χ0v) is 18.1. The van der Waals surface area contributed by atoms with Gasteiger partial charge >= 0.3 is 0 Å². The SMILES string of the molecule is Cc1cc(-c2n[nH]c3ccc(C(=O)NC4CCCN(CC5=NCC=CN5)C4)cc23)ccn1. The Kier molecular flexibility index (Phi) is 5.68. The molecule has 1 atom stereocenters. The molecule has 2 aliphatic heterocycles. The van der Waals surface area contributed by atoms with Crippen molar-refractivity contribution in [2.75, 3.05) is 26.2 Å². The van der Waals surface area contributed by atoms with Gasteiger partial charge in [-0.3, -0.25) is 24.8 Å². The van der Waals surface area contributed by atoms with E-state index in [1.807, 2.05) is 49.5 Å². The molecular formula is C24H27N7O. The van der Waals surface area contributed by atoms with Gasteiger partial charge in [-0.25, -0.2) is 0 Å². The van der Waals surface area contributed by atoms with E-state index in [9.17, 15) is 4.79 Å². The minimum atomic E-state index is -0.0483. The molecule has 1 fully saturated rings. The van der Waals surface area contributed by atoms with Crippen LogP contribution in [0.1, 0.15) is 28.9 Å². The van der Waals surface area contributed by atoms with E-state index in [4.69, 9.17) is 0 Å². The molecule has 3 N–H and O–H groups in total. The number of aromatic nitrogens is 3. The number of carbonyl (C=O) groups is 1. The van der Waals surface area contributed by atoms with Crippen LogP contribution in [0.25, 0.3) is 22.2 Å². The van der Waals surface area contributed by atoms with E-state index in [1.54, 1.807) is 6.20 Å². The molecule has 1 unspecified atom stereocenters. The smallest absolute Gasteiger partial charge is 0.251 e. The number of H-pyrrole nitrogens is 1. The summed E-state index contributed by atoms with van der Waals surface area (Å²) in [7, 11) is 0. The summed E-state index contributed by atoms with van der Waals surface area (Å²) in [6.07, 6.45) is 7.76. The van der Waals surface area contributed by atoms with Gasteiger partial charge in [0.05, 0.1) is 18.6 Å². The average molecular weight is 430 g/mol. The van der Waals surface area contributed by atoms with Crippen LogP contribution in [-0.2, 0) is 0 Å². The second-order valence-electron chi connectivity index (χ2n) is 8.40. The van der Waals surface area contributed by atoms with E-state index in [-0.39, 0.29) is 11.9 Å². The van der Waals surface area contributed by atoms with Crippen LogP contribution in [0, 0.1) is 6.92 Å². The van der Waals surface area contributed by atoms with Crippen molar-refractivity contribution in [2.24, 2.45) is 4.99 Å². The predicted molar refractivity (Wildman–Crippen MR) is 126 cm³/mol. The maximum Gasteiger partial charge on any atom is 0.251 e. The van der Waals surface area contributed by atoms with Crippen LogP contribution in [0.3, 0.4) is 0 Å². The van der Waals surface area contributed by atoms with E-state index in [0.29, 0.717) is 5.56 Å². The number of likely N-dealkylation sites (tertiary alicyclic amines) is 1. The lowest BCUT2D eigenvalue weighted by Gasteiger charge is -2.33. The van der Waals surface area contributed by atoms with Crippen LogP contribution < -0.4 is 10.6 Å². The number of piperidine rings is 1. The summed E-state index contributed by atoms with van der Waals surface area (Å²) < 4.78 is 0. The number of aryl methyl sites for hydroxylation is 1. The van der Waals surface area contributed by atoms with Gasteiger partial charge in [0.2, 0.25) is 0 Å². The highest BCUT2D eigenvalue weighted by atomic mass is 16.1. The number of hydrogen-bond donors (Lipinski definition) is 3. The van der Waals surface area contributed by atoms with Crippen molar-refractivity contribution in [2.45, 2.75) is 25.8 Å². The number of pyridine rings is 1. The maximum atomic E-state index is 13.1. The van der Waals surface area contributed by atoms with E-state index in [0.717, 1.165) is 72.7 Å². The largest absolute Gasteiger partial charge is 0.350 e. The van der Waals surface area contributed by atoms with Crippen LogP contribution in [0.15, 0.2) is 53.8 Å². The topological polar surface area (TPSA) is 98.3 Å². The van der Waals surface area contributed by atoms with Crippen molar-refractivity contribution in [3.8, 4) is 11.3 Å². The Morgan fingerprint density at radius 2 is 2.22 bits per heavy atom. The number of benzene rings is 1. The molecule has 2 aliphatic rings. The summed E-state index contributed by atoms with van der Waals surface area (Å²) in [5.74, 6) is 0.941. The fourth-order valence-corrected chi connectivity index (χ4v) is 4.38. The zero-order chi connectivity index (χ0) is 21.9. The van der Waals surface area contributed by atoms with Gasteiger partial charge < -0.3 is 10.6 Å². The minimum absolute atomic E-state index is 0.0483. The third-order valence-corrected chi connectivity index (χ3v) is 5.96. The number of rotatable bonds is 5. The Morgan fingerprint density at radius 3 is 3.06 bits per heavy atom. The fraction of sp³-hybridized carbons (Fsp3) is 0.333. The number of hydrogen-bond acceptors (Lipinski definition) is 6. The second-order valence-corrected chi connectivity index (χ2v) is 8.40. The Bertz CT molecular complexity index is 1200. The average Bonchev–Trinajstić information content (AvgIpc) is 3.23. The molecule has 0 aliphatic carbocycles. The minimum Gasteiger partial charge on any atom is -0.350 e. The Hall–Kier alpha value is -3.52. The number of amides is 1. The fourth-order valence-electron chi connectivity index (χ4n) is 4.38. The first-order valence-electron chi connectivity index (χ1n) is 11.0. The third kappa shape index (κ3) is 4.40. The summed E-state index contributed by atoms with van der Waals surface area (Å²) in [4.78, 5) is 24.2. The number of aliphatic imine (C=N–C) groups is 1.